The van der Waals surface area contributed by atoms with Gasteiger partial charge < -0.3 is 10.6 Å². The molecule has 0 saturated heterocycles. The van der Waals surface area contributed by atoms with E-state index in [-0.39, 0.29) is 5.78 Å². The van der Waals surface area contributed by atoms with Crippen molar-refractivity contribution in [2.75, 3.05) is 23.7 Å². The maximum atomic E-state index is 13.6. The van der Waals surface area contributed by atoms with Gasteiger partial charge in [0, 0.05) is 34.3 Å². The zero-order valence-electron chi connectivity index (χ0n) is 18.0. The standard InChI is InChI=1S/C25H22Br2N2OS4/c26-21-13-15(9-11-28-17-5-1-3-7-19(17)31)24(33-21)23(30)25-16(14-22(27)34-25)10-12-29-18-6-2-4-8-20(18)32/h1-8,13-14,28-29,31-32H,9-12H2. The molecule has 0 atom stereocenters. The van der Waals surface area contributed by atoms with E-state index in [1.54, 1.807) is 0 Å². The number of halogens is 2. The van der Waals surface area contributed by atoms with Crippen molar-refractivity contribution in [1.82, 2.24) is 0 Å². The monoisotopic (exact) mass is 652 g/mol. The number of nitrogens with one attached hydrogen (secondary N) is 2. The fourth-order valence-electron chi connectivity index (χ4n) is 3.56. The van der Waals surface area contributed by atoms with Crippen LogP contribution in [0.5, 0.6) is 0 Å². The molecule has 3 nitrogen and oxygen atoms in total. The van der Waals surface area contributed by atoms with Crippen LogP contribution in [0.2, 0.25) is 0 Å². The lowest BCUT2D eigenvalue weighted by Gasteiger charge is -2.10. The number of benzene rings is 2. The Hall–Kier alpha value is -1.23. The van der Waals surface area contributed by atoms with E-state index in [0.29, 0.717) is 0 Å². The maximum Gasteiger partial charge on any atom is 0.213 e. The minimum Gasteiger partial charge on any atom is -0.384 e. The number of anilines is 2. The minimum atomic E-state index is 0.0839. The van der Waals surface area contributed by atoms with Crippen molar-refractivity contribution in [2.24, 2.45) is 0 Å². The van der Waals surface area contributed by atoms with Gasteiger partial charge in [0.2, 0.25) is 5.78 Å². The van der Waals surface area contributed by atoms with Gasteiger partial charge in [0.25, 0.3) is 0 Å². The van der Waals surface area contributed by atoms with Crippen LogP contribution in [0.25, 0.3) is 0 Å². The number of carbonyl (C=O) groups excluding carboxylic acids is 1. The van der Waals surface area contributed by atoms with Crippen LogP contribution in [0.4, 0.5) is 11.4 Å². The number of carbonyl (C=O) groups is 1. The van der Waals surface area contributed by atoms with Gasteiger partial charge >= 0.3 is 0 Å². The Morgan fingerprint density at radius 2 is 1.15 bits per heavy atom. The number of para-hydroxylation sites is 2. The van der Waals surface area contributed by atoms with Crippen LogP contribution in [-0.4, -0.2) is 18.9 Å². The average Bonchev–Trinajstić information content (AvgIpc) is 3.38. The molecular weight excluding hydrogens is 632 g/mol. The van der Waals surface area contributed by atoms with E-state index in [1.807, 2.05) is 48.5 Å². The smallest absolute Gasteiger partial charge is 0.213 e. The van der Waals surface area contributed by atoms with E-state index in [0.717, 1.165) is 75.6 Å². The first kappa shape index (κ1) is 25.9. The first-order valence-electron chi connectivity index (χ1n) is 10.6. The quantitative estimate of drug-likeness (QED) is 0.103. The number of thiophene rings is 2. The Labute approximate surface area is 235 Å². The van der Waals surface area contributed by atoms with Gasteiger partial charge in [0.05, 0.1) is 17.3 Å². The maximum absolute atomic E-state index is 13.6. The number of rotatable bonds is 10. The van der Waals surface area contributed by atoms with E-state index in [4.69, 9.17) is 0 Å². The van der Waals surface area contributed by atoms with Crippen molar-refractivity contribution in [1.29, 1.82) is 0 Å². The second-order valence-electron chi connectivity index (χ2n) is 7.53. The highest BCUT2D eigenvalue weighted by molar-refractivity contribution is 9.11. The third-order valence-corrected chi connectivity index (χ3v) is 9.34. The highest BCUT2D eigenvalue weighted by atomic mass is 79.9. The molecule has 4 rings (SSSR count). The summed E-state index contributed by atoms with van der Waals surface area (Å²) in [5, 5.41) is 6.84. The SMILES string of the molecule is O=C(c1sc(Br)cc1CCNc1ccccc1S)c1sc(Br)cc1CCNc1ccccc1S. The summed E-state index contributed by atoms with van der Waals surface area (Å²) < 4.78 is 1.93. The van der Waals surface area contributed by atoms with Crippen molar-refractivity contribution in [3.8, 4) is 0 Å². The first-order valence-corrected chi connectivity index (χ1v) is 14.7. The van der Waals surface area contributed by atoms with Gasteiger partial charge in [-0.25, -0.2) is 0 Å². The highest BCUT2D eigenvalue weighted by Crippen LogP contribution is 2.35. The van der Waals surface area contributed by atoms with E-state index in [2.05, 4.69) is 79.9 Å². The predicted octanol–water partition coefficient (Wildman–Crippen LogP) is 8.45. The third-order valence-electron chi connectivity index (χ3n) is 5.20. The number of hydrogen-bond acceptors (Lipinski definition) is 7. The van der Waals surface area contributed by atoms with Gasteiger partial charge in [-0.05, 0) is 92.2 Å². The van der Waals surface area contributed by atoms with E-state index in [9.17, 15) is 4.79 Å². The van der Waals surface area contributed by atoms with E-state index in [1.165, 1.54) is 22.7 Å². The predicted molar refractivity (Wildman–Crippen MR) is 159 cm³/mol. The molecule has 176 valence electrons. The number of thiol groups is 2. The lowest BCUT2D eigenvalue weighted by atomic mass is 10.1. The van der Waals surface area contributed by atoms with Crippen molar-refractivity contribution in [2.45, 2.75) is 22.6 Å². The fraction of sp³-hybridized carbons (Fsp3) is 0.160. The summed E-state index contributed by atoms with van der Waals surface area (Å²) in [7, 11) is 0. The summed E-state index contributed by atoms with van der Waals surface area (Å²) in [6, 6.07) is 19.9. The van der Waals surface area contributed by atoms with Crippen molar-refractivity contribution < 1.29 is 4.79 Å². The van der Waals surface area contributed by atoms with Crippen LogP contribution in [0.3, 0.4) is 0 Å². The molecule has 0 aliphatic heterocycles. The van der Waals surface area contributed by atoms with Crippen LogP contribution in [0, 0.1) is 0 Å². The Balaban J connectivity index is 1.45. The molecule has 0 bridgehead atoms. The lowest BCUT2D eigenvalue weighted by Crippen LogP contribution is -2.10. The molecule has 2 aromatic heterocycles. The summed E-state index contributed by atoms with van der Waals surface area (Å²) in [5.41, 5.74) is 4.08. The molecule has 34 heavy (non-hydrogen) atoms. The van der Waals surface area contributed by atoms with Crippen LogP contribution >= 0.6 is 79.8 Å². The molecule has 0 unspecified atom stereocenters. The Bertz CT molecular complexity index is 1200. The molecule has 0 aliphatic rings. The molecule has 4 aromatic rings. The van der Waals surface area contributed by atoms with Crippen molar-refractivity contribution in [3.63, 3.8) is 0 Å². The van der Waals surface area contributed by atoms with Crippen LogP contribution in [0.15, 0.2) is 78.0 Å². The Morgan fingerprint density at radius 1 is 0.735 bits per heavy atom. The molecule has 0 amide bonds. The normalized spacial score (nSPS) is 10.9. The summed E-state index contributed by atoms with van der Waals surface area (Å²) in [4.78, 5) is 17.0. The second-order valence-corrected chi connectivity index (χ2v) is 13.4. The fourth-order valence-corrected chi connectivity index (χ4v) is 7.39. The van der Waals surface area contributed by atoms with Crippen molar-refractivity contribution >= 4 is 96.9 Å². The number of hydrogen-bond donors (Lipinski definition) is 4. The van der Waals surface area contributed by atoms with Crippen LogP contribution in [-0.2, 0) is 12.8 Å². The molecule has 0 radical (unpaired) electrons. The topological polar surface area (TPSA) is 41.1 Å². The van der Waals surface area contributed by atoms with Gasteiger partial charge in [-0.1, -0.05) is 24.3 Å². The minimum absolute atomic E-state index is 0.0839. The lowest BCUT2D eigenvalue weighted by molar-refractivity contribution is 0.104. The molecule has 0 spiro atoms. The number of ketones is 1. The first-order chi connectivity index (χ1) is 16.4. The van der Waals surface area contributed by atoms with Crippen molar-refractivity contribution in [3.05, 3.63) is 89.1 Å². The van der Waals surface area contributed by atoms with Gasteiger partial charge in [0.1, 0.15) is 0 Å². The van der Waals surface area contributed by atoms with Gasteiger partial charge in [-0.2, -0.15) is 0 Å². The summed E-state index contributed by atoms with van der Waals surface area (Å²) in [5.74, 6) is 0.0839. The Morgan fingerprint density at radius 3 is 1.56 bits per heavy atom. The largest absolute Gasteiger partial charge is 0.384 e. The van der Waals surface area contributed by atoms with Gasteiger partial charge in [-0.3, -0.25) is 4.79 Å². The summed E-state index contributed by atoms with van der Waals surface area (Å²) >= 11 is 19.2. The molecular formula is C25H22Br2N2OS4. The Kier molecular flexibility index (Phi) is 9.23. The zero-order chi connectivity index (χ0) is 24.1. The average molecular weight is 655 g/mol. The molecule has 0 fully saturated rings. The van der Waals surface area contributed by atoms with Crippen LogP contribution < -0.4 is 10.6 Å². The summed E-state index contributed by atoms with van der Waals surface area (Å²) in [6.45, 7) is 1.43. The van der Waals surface area contributed by atoms with Gasteiger partial charge in [-0.15, -0.1) is 47.9 Å². The molecule has 2 heterocycles. The van der Waals surface area contributed by atoms with Gasteiger partial charge in [0.15, 0.2) is 0 Å². The van der Waals surface area contributed by atoms with E-state index < -0.39 is 0 Å². The highest BCUT2D eigenvalue weighted by Gasteiger charge is 2.22. The van der Waals surface area contributed by atoms with Crippen LogP contribution in [0.1, 0.15) is 25.7 Å². The zero-order valence-corrected chi connectivity index (χ0v) is 24.6. The molecule has 0 aliphatic carbocycles. The summed E-state index contributed by atoms with van der Waals surface area (Å²) in [6.07, 6.45) is 1.49. The van der Waals surface area contributed by atoms with E-state index >= 15 is 0 Å². The molecule has 0 saturated carbocycles. The molecule has 9 heteroatoms. The molecule has 2 N–H and O–H groups in total. The second kappa shape index (κ2) is 12.1. The molecule has 2 aromatic carbocycles. The third kappa shape index (κ3) is 6.50.